The molecular formula is C19H26N2O4. The number of hydrogen-bond acceptors (Lipinski definition) is 4. The Morgan fingerprint density at radius 2 is 2.04 bits per heavy atom. The molecule has 1 aromatic carbocycles. The van der Waals surface area contributed by atoms with E-state index in [9.17, 15) is 9.59 Å². The van der Waals surface area contributed by atoms with Crippen molar-refractivity contribution < 1.29 is 19.1 Å². The molecule has 25 heavy (non-hydrogen) atoms. The van der Waals surface area contributed by atoms with Crippen molar-refractivity contribution >= 4 is 12.0 Å². The number of carbonyl (C=O) groups is 2. The van der Waals surface area contributed by atoms with Gasteiger partial charge in [0.25, 0.3) is 0 Å². The van der Waals surface area contributed by atoms with Crippen LogP contribution < -0.4 is 15.4 Å². The molecule has 0 bridgehead atoms. The third kappa shape index (κ3) is 4.53. The molecule has 1 aromatic rings. The minimum Gasteiger partial charge on any atom is -0.496 e. The molecule has 0 saturated heterocycles. The number of urea groups is 1. The van der Waals surface area contributed by atoms with E-state index in [0.29, 0.717) is 35.1 Å². The average Bonchev–Trinajstić information content (AvgIpc) is 2.59. The van der Waals surface area contributed by atoms with Crippen molar-refractivity contribution in [2.24, 2.45) is 5.92 Å². The van der Waals surface area contributed by atoms with Gasteiger partial charge in [0, 0.05) is 11.3 Å². The molecule has 136 valence electrons. The first-order valence-corrected chi connectivity index (χ1v) is 8.56. The summed E-state index contributed by atoms with van der Waals surface area (Å²) >= 11 is 0. The fourth-order valence-corrected chi connectivity index (χ4v) is 2.97. The Morgan fingerprint density at radius 3 is 2.72 bits per heavy atom. The van der Waals surface area contributed by atoms with E-state index < -0.39 is 12.0 Å². The number of esters is 1. The highest BCUT2D eigenvalue weighted by molar-refractivity contribution is 5.95. The molecule has 1 aliphatic rings. The van der Waals surface area contributed by atoms with Gasteiger partial charge < -0.3 is 20.1 Å². The number of amides is 2. The molecule has 2 amide bonds. The molecule has 0 fully saturated rings. The Kier molecular flexibility index (Phi) is 6.44. The van der Waals surface area contributed by atoms with Gasteiger partial charge in [-0.15, -0.1) is 0 Å². The third-order valence-electron chi connectivity index (χ3n) is 4.22. The number of nitrogens with one attached hydrogen (secondary N) is 2. The zero-order valence-corrected chi connectivity index (χ0v) is 15.2. The molecule has 0 aliphatic carbocycles. The molecule has 0 spiro atoms. The van der Waals surface area contributed by atoms with Gasteiger partial charge in [0.2, 0.25) is 0 Å². The first-order chi connectivity index (χ1) is 12.0. The van der Waals surface area contributed by atoms with Crippen LogP contribution in [-0.2, 0) is 9.53 Å². The monoisotopic (exact) mass is 346 g/mol. The summed E-state index contributed by atoms with van der Waals surface area (Å²) in [6.07, 6.45) is 2.04. The zero-order valence-electron chi connectivity index (χ0n) is 15.2. The summed E-state index contributed by atoms with van der Waals surface area (Å²) in [5.74, 6) is 0.474. The Morgan fingerprint density at radius 1 is 1.32 bits per heavy atom. The summed E-state index contributed by atoms with van der Waals surface area (Å²) in [6, 6.07) is 6.34. The van der Waals surface area contributed by atoms with Crippen molar-refractivity contribution in [3.8, 4) is 5.75 Å². The smallest absolute Gasteiger partial charge is 0.338 e. The van der Waals surface area contributed by atoms with Crippen LogP contribution in [-0.4, -0.2) is 25.7 Å². The number of para-hydroxylation sites is 1. The summed E-state index contributed by atoms with van der Waals surface area (Å²) < 4.78 is 10.9. The van der Waals surface area contributed by atoms with Gasteiger partial charge in [-0.3, -0.25) is 0 Å². The molecule has 6 nitrogen and oxygen atoms in total. The Balaban J connectivity index is 2.29. The lowest BCUT2D eigenvalue weighted by Gasteiger charge is -2.29. The second-order valence-electron chi connectivity index (χ2n) is 6.30. The molecule has 2 rings (SSSR count). The van der Waals surface area contributed by atoms with E-state index in [2.05, 4.69) is 24.5 Å². The Bertz CT molecular complexity index is 669. The van der Waals surface area contributed by atoms with Crippen molar-refractivity contribution in [3.63, 3.8) is 0 Å². The quantitative estimate of drug-likeness (QED) is 0.743. The van der Waals surface area contributed by atoms with Crippen LogP contribution in [0.5, 0.6) is 5.75 Å². The maximum absolute atomic E-state index is 12.7. The van der Waals surface area contributed by atoms with Gasteiger partial charge in [-0.2, -0.15) is 0 Å². The molecule has 0 saturated carbocycles. The molecule has 0 radical (unpaired) electrons. The van der Waals surface area contributed by atoms with E-state index in [1.807, 2.05) is 18.2 Å². The van der Waals surface area contributed by atoms with E-state index in [4.69, 9.17) is 9.47 Å². The van der Waals surface area contributed by atoms with Crippen LogP contribution in [0.1, 0.15) is 45.2 Å². The first-order valence-electron chi connectivity index (χ1n) is 8.56. The zero-order chi connectivity index (χ0) is 18.4. The number of allylic oxidation sites excluding steroid dienone is 1. The molecule has 6 heteroatoms. The van der Waals surface area contributed by atoms with Crippen LogP contribution in [0.15, 0.2) is 35.5 Å². The highest BCUT2D eigenvalue weighted by Crippen LogP contribution is 2.33. The number of benzene rings is 1. The maximum atomic E-state index is 12.7. The van der Waals surface area contributed by atoms with E-state index in [1.54, 1.807) is 20.1 Å². The van der Waals surface area contributed by atoms with Crippen molar-refractivity contribution in [2.45, 2.75) is 39.7 Å². The fourth-order valence-electron chi connectivity index (χ4n) is 2.97. The van der Waals surface area contributed by atoms with Crippen LogP contribution in [0.25, 0.3) is 0 Å². The highest BCUT2D eigenvalue weighted by atomic mass is 16.5. The molecule has 2 N–H and O–H groups in total. The Labute approximate surface area is 148 Å². The van der Waals surface area contributed by atoms with Crippen LogP contribution >= 0.6 is 0 Å². The van der Waals surface area contributed by atoms with Gasteiger partial charge in [-0.1, -0.05) is 38.5 Å². The summed E-state index contributed by atoms with van der Waals surface area (Å²) in [4.78, 5) is 24.6. The van der Waals surface area contributed by atoms with E-state index in [1.165, 1.54) is 0 Å². The minimum atomic E-state index is -0.612. The first kappa shape index (κ1) is 18.8. The second kappa shape index (κ2) is 8.55. The predicted octanol–water partition coefficient (Wildman–Crippen LogP) is 3.30. The lowest BCUT2D eigenvalue weighted by atomic mass is 9.95. The topological polar surface area (TPSA) is 76.7 Å². The number of methoxy groups -OCH3 is 1. The molecular weight excluding hydrogens is 320 g/mol. The van der Waals surface area contributed by atoms with E-state index in [-0.39, 0.29) is 6.03 Å². The van der Waals surface area contributed by atoms with Crippen LogP contribution in [0.2, 0.25) is 0 Å². The third-order valence-corrected chi connectivity index (χ3v) is 4.22. The summed E-state index contributed by atoms with van der Waals surface area (Å²) in [5, 5.41) is 5.44. The average molecular weight is 346 g/mol. The van der Waals surface area contributed by atoms with Crippen LogP contribution in [0.4, 0.5) is 4.79 Å². The maximum Gasteiger partial charge on any atom is 0.338 e. The van der Waals surface area contributed by atoms with Crippen LogP contribution in [0, 0.1) is 5.92 Å². The van der Waals surface area contributed by atoms with Crippen molar-refractivity contribution in [1.82, 2.24) is 10.6 Å². The molecule has 2 atom stereocenters. The molecule has 1 heterocycles. The van der Waals surface area contributed by atoms with E-state index >= 15 is 0 Å². The number of rotatable bonds is 7. The van der Waals surface area contributed by atoms with Crippen LogP contribution in [0.3, 0.4) is 0 Å². The predicted molar refractivity (Wildman–Crippen MR) is 95.1 cm³/mol. The fraction of sp³-hybridized carbons (Fsp3) is 0.474. The van der Waals surface area contributed by atoms with Gasteiger partial charge in [0.05, 0.1) is 25.3 Å². The second-order valence-corrected chi connectivity index (χ2v) is 6.30. The van der Waals surface area contributed by atoms with Gasteiger partial charge >= 0.3 is 12.0 Å². The highest BCUT2D eigenvalue weighted by Gasteiger charge is 2.33. The van der Waals surface area contributed by atoms with Crippen molar-refractivity contribution in [3.05, 3.63) is 41.1 Å². The minimum absolute atomic E-state index is 0.297. The Hall–Kier alpha value is -2.50. The lowest BCUT2D eigenvalue weighted by Crippen LogP contribution is -2.45. The summed E-state index contributed by atoms with van der Waals surface area (Å²) in [5.41, 5.74) is 1.60. The summed E-state index contributed by atoms with van der Waals surface area (Å²) in [7, 11) is 1.56. The normalized spacial score (nSPS) is 18.2. The summed E-state index contributed by atoms with van der Waals surface area (Å²) in [6.45, 7) is 6.21. The standard InChI is InChI=1S/C19H26N2O4/c1-5-8-12(2)11-25-18(22)16-13(3)20-19(23)21-17(16)14-9-6-7-10-15(14)24-4/h6-7,9-10,12,17H,5,8,11H2,1-4H3,(H2,20,21,23)/t12-,17+/m0/s1. The lowest BCUT2D eigenvalue weighted by molar-refractivity contribution is -0.140. The van der Waals surface area contributed by atoms with Gasteiger partial charge in [-0.05, 0) is 25.3 Å². The molecule has 1 aliphatic heterocycles. The van der Waals surface area contributed by atoms with Gasteiger partial charge in [0.15, 0.2) is 0 Å². The van der Waals surface area contributed by atoms with Crippen molar-refractivity contribution in [2.75, 3.05) is 13.7 Å². The number of hydrogen-bond donors (Lipinski definition) is 2. The van der Waals surface area contributed by atoms with Crippen molar-refractivity contribution in [1.29, 1.82) is 0 Å². The van der Waals surface area contributed by atoms with Gasteiger partial charge in [-0.25, -0.2) is 9.59 Å². The SMILES string of the molecule is CCC[C@H](C)COC(=O)C1=C(C)NC(=O)N[C@@H]1c1ccccc1OC. The largest absolute Gasteiger partial charge is 0.496 e. The molecule has 0 unspecified atom stereocenters. The number of carbonyl (C=O) groups excluding carboxylic acids is 2. The van der Waals surface area contributed by atoms with E-state index in [0.717, 1.165) is 12.8 Å². The van der Waals surface area contributed by atoms with Gasteiger partial charge in [0.1, 0.15) is 5.75 Å². The number of ether oxygens (including phenoxy) is 2. The molecule has 0 aromatic heterocycles.